The molecule has 0 radical (unpaired) electrons. The van der Waals surface area contributed by atoms with Crippen LogP contribution >= 0.6 is 11.6 Å². The molecule has 0 amide bonds. The fourth-order valence-corrected chi connectivity index (χ4v) is 3.15. The monoisotopic (exact) mass is 308 g/mol. The van der Waals surface area contributed by atoms with Crippen molar-refractivity contribution in [2.75, 3.05) is 0 Å². The van der Waals surface area contributed by atoms with Crippen LogP contribution in [0.5, 0.6) is 11.5 Å². The summed E-state index contributed by atoms with van der Waals surface area (Å²) in [5.74, 6) is 1.22. The van der Waals surface area contributed by atoms with Crippen molar-refractivity contribution in [3.63, 3.8) is 0 Å². The molecule has 1 aliphatic rings. The lowest BCUT2D eigenvalue weighted by Gasteiger charge is -2.36. The predicted molar refractivity (Wildman–Crippen MR) is 86.5 cm³/mol. The van der Waals surface area contributed by atoms with Crippen LogP contribution in [-0.4, -0.2) is 5.11 Å². The standard InChI is InChI=1S/C19H13ClO2/c20-14-10-11-16-18(12-14)22-17-9-5-4-8-15(17)19(16,21)13-6-2-1-3-7-13/h1-12,21H/t19-/m1/s1. The number of rotatable bonds is 1. The van der Waals surface area contributed by atoms with Gasteiger partial charge in [-0.15, -0.1) is 0 Å². The van der Waals surface area contributed by atoms with E-state index in [9.17, 15) is 5.11 Å². The van der Waals surface area contributed by atoms with Crippen LogP contribution in [0.3, 0.4) is 0 Å². The van der Waals surface area contributed by atoms with Crippen LogP contribution in [0.4, 0.5) is 0 Å². The summed E-state index contributed by atoms with van der Waals surface area (Å²) in [6.45, 7) is 0. The van der Waals surface area contributed by atoms with Gasteiger partial charge < -0.3 is 9.84 Å². The van der Waals surface area contributed by atoms with Crippen LogP contribution in [-0.2, 0) is 5.60 Å². The van der Waals surface area contributed by atoms with Gasteiger partial charge in [-0.3, -0.25) is 0 Å². The zero-order chi connectivity index (χ0) is 15.2. The molecule has 1 atom stereocenters. The zero-order valence-corrected chi connectivity index (χ0v) is 12.4. The number of fused-ring (bicyclic) bond motifs is 2. The molecule has 0 aromatic heterocycles. The molecular weight excluding hydrogens is 296 g/mol. The van der Waals surface area contributed by atoms with E-state index in [4.69, 9.17) is 16.3 Å². The SMILES string of the molecule is O[C@]1(c2ccccc2)c2ccccc2Oc2cc(Cl)ccc21. The maximum absolute atomic E-state index is 11.6. The number of hydrogen-bond acceptors (Lipinski definition) is 2. The quantitative estimate of drug-likeness (QED) is 0.704. The maximum atomic E-state index is 11.6. The Bertz CT molecular complexity index is 845. The van der Waals surface area contributed by atoms with Gasteiger partial charge in [0.15, 0.2) is 0 Å². The second-order valence-corrected chi connectivity index (χ2v) is 5.75. The average Bonchev–Trinajstić information content (AvgIpc) is 2.55. The fraction of sp³-hybridized carbons (Fsp3) is 0.0526. The van der Waals surface area contributed by atoms with Gasteiger partial charge in [-0.25, -0.2) is 0 Å². The van der Waals surface area contributed by atoms with Crippen molar-refractivity contribution in [1.82, 2.24) is 0 Å². The number of aliphatic hydroxyl groups is 1. The van der Waals surface area contributed by atoms with Gasteiger partial charge in [-0.1, -0.05) is 66.2 Å². The Morgan fingerprint density at radius 2 is 1.45 bits per heavy atom. The van der Waals surface area contributed by atoms with Crippen LogP contribution in [0.25, 0.3) is 0 Å². The minimum absolute atomic E-state index is 0.577. The third-order valence-corrected chi connectivity index (χ3v) is 4.26. The van der Waals surface area contributed by atoms with E-state index in [1.165, 1.54) is 0 Å². The fourth-order valence-electron chi connectivity index (χ4n) is 2.99. The zero-order valence-electron chi connectivity index (χ0n) is 11.7. The first-order valence-corrected chi connectivity index (χ1v) is 7.42. The lowest BCUT2D eigenvalue weighted by Crippen LogP contribution is -2.32. The molecule has 0 aliphatic carbocycles. The molecule has 0 fully saturated rings. The molecule has 3 heteroatoms. The molecule has 0 spiro atoms. The molecule has 1 heterocycles. The Kier molecular flexibility index (Phi) is 2.96. The predicted octanol–water partition coefficient (Wildman–Crippen LogP) is 4.73. The molecular formula is C19H13ClO2. The summed E-state index contributed by atoms with van der Waals surface area (Å²) < 4.78 is 5.93. The second-order valence-electron chi connectivity index (χ2n) is 5.32. The highest BCUT2D eigenvalue weighted by molar-refractivity contribution is 6.30. The van der Waals surface area contributed by atoms with Gasteiger partial charge in [0.05, 0.1) is 0 Å². The lowest BCUT2D eigenvalue weighted by molar-refractivity contribution is 0.112. The van der Waals surface area contributed by atoms with Gasteiger partial charge in [-0.05, 0) is 23.8 Å². The highest BCUT2D eigenvalue weighted by Gasteiger charge is 2.41. The molecule has 1 aliphatic heterocycles. The maximum Gasteiger partial charge on any atom is 0.147 e. The number of benzene rings is 3. The summed E-state index contributed by atoms with van der Waals surface area (Å²) in [6.07, 6.45) is 0. The molecule has 1 N–H and O–H groups in total. The summed E-state index contributed by atoms with van der Waals surface area (Å²) in [6, 6.07) is 22.5. The van der Waals surface area contributed by atoms with Gasteiger partial charge >= 0.3 is 0 Å². The highest BCUT2D eigenvalue weighted by atomic mass is 35.5. The number of hydrogen-bond donors (Lipinski definition) is 1. The first-order valence-electron chi connectivity index (χ1n) is 7.05. The number of halogens is 1. The largest absolute Gasteiger partial charge is 0.456 e. The molecule has 0 saturated heterocycles. The van der Waals surface area contributed by atoms with E-state index >= 15 is 0 Å². The first kappa shape index (κ1) is 13.4. The molecule has 0 bridgehead atoms. The van der Waals surface area contributed by atoms with Gasteiger partial charge in [0.1, 0.15) is 17.1 Å². The van der Waals surface area contributed by atoms with E-state index in [1.54, 1.807) is 12.1 Å². The van der Waals surface area contributed by atoms with Crippen LogP contribution in [0.15, 0.2) is 72.8 Å². The Labute approximate surface area is 133 Å². The number of para-hydroxylation sites is 1. The molecule has 108 valence electrons. The second kappa shape index (κ2) is 4.87. The Balaban J connectivity index is 2.06. The van der Waals surface area contributed by atoms with Crippen LogP contribution in [0.2, 0.25) is 5.02 Å². The van der Waals surface area contributed by atoms with Crippen molar-refractivity contribution in [2.45, 2.75) is 5.60 Å². The smallest absolute Gasteiger partial charge is 0.147 e. The van der Waals surface area contributed by atoms with Crippen LogP contribution < -0.4 is 4.74 Å². The van der Waals surface area contributed by atoms with Gasteiger partial charge in [0, 0.05) is 16.1 Å². The molecule has 22 heavy (non-hydrogen) atoms. The molecule has 3 aromatic carbocycles. The molecule has 0 unspecified atom stereocenters. The molecule has 4 rings (SSSR count). The average molecular weight is 309 g/mol. The third-order valence-electron chi connectivity index (χ3n) is 4.02. The van der Waals surface area contributed by atoms with E-state index in [1.807, 2.05) is 60.7 Å². The minimum atomic E-state index is -1.25. The van der Waals surface area contributed by atoms with Gasteiger partial charge in [-0.2, -0.15) is 0 Å². The highest BCUT2D eigenvalue weighted by Crippen LogP contribution is 2.50. The van der Waals surface area contributed by atoms with Crippen molar-refractivity contribution in [3.05, 3.63) is 94.5 Å². The van der Waals surface area contributed by atoms with Crippen molar-refractivity contribution in [3.8, 4) is 11.5 Å². The summed E-state index contributed by atoms with van der Waals surface area (Å²) in [4.78, 5) is 0. The first-order chi connectivity index (χ1) is 10.7. The lowest BCUT2D eigenvalue weighted by atomic mass is 9.78. The summed E-state index contributed by atoms with van der Waals surface area (Å²) in [7, 11) is 0. The van der Waals surface area contributed by atoms with Crippen LogP contribution in [0.1, 0.15) is 16.7 Å². The van der Waals surface area contributed by atoms with Crippen molar-refractivity contribution in [1.29, 1.82) is 0 Å². The molecule has 2 nitrogen and oxygen atoms in total. The topological polar surface area (TPSA) is 29.5 Å². The van der Waals surface area contributed by atoms with E-state index in [0.717, 1.165) is 11.1 Å². The summed E-state index contributed by atoms with van der Waals surface area (Å²) in [5, 5.41) is 12.2. The third kappa shape index (κ3) is 1.85. The number of ether oxygens (including phenoxy) is 1. The van der Waals surface area contributed by atoms with Gasteiger partial charge in [0.25, 0.3) is 0 Å². The minimum Gasteiger partial charge on any atom is -0.456 e. The van der Waals surface area contributed by atoms with Crippen molar-refractivity contribution >= 4 is 11.6 Å². The summed E-state index contributed by atoms with van der Waals surface area (Å²) in [5.41, 5.74) is 0.975. The van der Waals surface area contributed by atoms with E-state index < -0.39 is 5.60 Å². The summed E-state index contributed by atoms with van der Waals surface area (Å²) >= 11 is 6.08. The Morgan fingerprint density at radius 1 is 0.773 bits per heavy atom. The van der Waals surface area contributed by atoms with Crippen LogP contribution in [0, 0.1) is 0 Å². The van der Waals surface area contributed by atoms with E-state index in [0.29, 0.717) is 22.1 Å². The molecule has 3 aromatic rings. The normalized spacial score (nSPS) is 19.0. The van der Waals surface area contributed by atoms with E-state index in [2.05, 4.69) is 0 Å². The van der Waals surface area contributed by atoms with Crippen molar-refractivity contribution < 1.29 is 9.84 Å². The van der Waals surface area contributed by atoms with E-state index in [-0.39, 0.29) is 0 Å². The molecule has 0 saturated carbocycles. The Hall–Kier alpha value is -2.29. The Morgan fingerprint density at radius 3 is 2.27 bits per heavy atom. The van der Waals surface area contributed by atoms with Crippen molar-refractivity contribution in [2.24, 2.45) is 0 Å². The van der Waals surface area contributed by atoms with Gasteiger partial charge in [0.2, 0.25) is 0 Å².